The van der Waals surface area contributed by atoms with Gasteiger partial charge in [-0.2, -0.15) is 0 Å². The second-order valence-electron chi connectivity index (χ2n) is 9.71. The van der Waals surface area contributed by atoms with Crippen LogP contribution in [-0.2, 0) is 38.4 Å². The zero-order valence-corrected chi connectivity index (χ0v) is 20.8. The highest BCUT2D eigenvalue weighted by molar-refractivity contribution is 7.80. The Morgan fingerprint density at radius 2 is 1.74 bits per heavy atom. The van der Waals surface area contributed by atoms with Crippen LogP contribution in [0.4, 0.5) is 0 Å². The van der Waals surface area contributed by atoms with E-state index < -0.39 is 94.9 Å². The Kier molecular flexibility index (Phi) is 8.61. The van der Waals surface area contributed by atoms with Crippen LogP contribution < -0.4 is 5.32 Å². The average molecular weight is 527 g/mol. The molecule has 0 aliphatic carbocycles. The predicted molar refractivity (Wildman–Crippen MR) is 114 cm³/mol. The zero-order valence-electron chi connectivity index (χ0n) is 20.0. The van der Waals surface area contributed by atoms with Crippen molar-refractivity contribution < 1.29 is 61.4 Å². The van der Waals surface area contributed by atoms with Crippen LogP contribution in [0.3, 0.4) is 0 Å². The predicted octanol–water partition coefficient (Wildman–Crippen LogP) is -1.99. The molecule has 202 valence electrons. The van der Waals surface area contributed by atoms with Crippen molar-refractivity contribution in [1.82, 2.24) is 5.32 Å². The van der Waals surface area contributed by atoms with Crippen molar-refractivity contribution in [2.24, 2.45) is 5.41 Å². The summed E-state index contributed by atoms with van der Waals surface area (Å²) in [5.41, 5.74) is -4.40. The van der Waals surface area contributed by atoms with Gasteiger partial charge in [0.05, 0.1) is 43.7 Å². The van der Waals surface area contributed by atoms with Gasteiger partial charge in [0.25, 0.3) is 0 Å². The fraction of sp³-hybridized carbons (Fsp3) is 0.800. The summed E-state index contributed by atoms with van der Waals surface area (Å²) in [7, 11) is -5.10. The summed E-state index contributed by atoms with van der Waals surface area (Å²) in [6, 6.07) is -0.982. The molecule has 0 aromatic carbocycles. The topological polar surface area (TPSA) is 221 Å². The van der Waals surface area contributed by atoms with E-state index in [1.807, 2.05) is 0 Å². The van der Waals surface area contributed by atoms with E-state index in [1.54, 1.807) is 13.8 Å². The summed E-state index contributed by atoms with van der Waals surface area (Å²) in [6.07, 6.45) is -4.90. The number of amides is 1. The summed E-state index contributed by atoms with van der Waals surface area (Å²) in [5.74, 6) is -2.54. The van der Waals surface area contributed by atoms with Crippen molar-refractivity contribution in [3.63, 3.8) is 0 Å². The van der Waals surface area contributed by atoms with Gasteiger partial charge >= 0.3 is 5.97 Å². The summed E-state index contributed by atoms with van der Waals surface area (Å²) in [4.78, 5) is 23.0. The van der Waals surface area contributed by atoms with Gasteiger partial charge in [-0.1, -0.05) is 6.92 Å². The molecule has 0 saturated carbocycles. The number of hydrogen-bond acceptors (Lipinski definition) is 12. The highest BCUT2D eigenvalue weighted by Gasteiger charge is 2.57. The van der Waals surface area contributed by atoms with Gasteiger partial charge in [0.2, 0.25) is 22.1 Å². The molecule has 1 fully saturated rings. The maximum Gasteiger partial charge on any atom is 0.370 e. The van der Waals surface area contributed by atoms with Gasteiger partial charge in [-0.3, -0.25) is 8.98 Å². The molecule has 0 bridgehead atoms. The molecular formula is C20H32NO13S-. The Labute approximate surface area is 202 Å². The van der Waals surface area contributed by atoms with E-state index >= 15 is 0 Å². The number of rotatable bonds is 9. The van der Waals surface area contributed by atoms with Gasteiger partial charge in [0, 0.05) is 12.3 Å². The van der Waals surface area contributed by atoms with Crippen molar-refractivity contribution in [2.75, 3.05) is 19.8 Å². The lowest BCUT2D eigenvalue weighted by molar-refractivity contribution is -0.255. The molecular weight excluding hydrogens is 494 g/mol. The smallest absolute Gasteiger partial charge is 0.370 e. The van der Waals surface area contributed by atoms with E-state index in [0.717, 1.165) is 6.08 Å². The van der Waals surface area contributed by atoms with Crippen molar-refractivity contribution in [3.05, 3.63) is 11.8 Å². The molecule has 1 saturated heterocycles. The molecule has 0 radical (unpaired) electrons. The Morgan fingerprint density at radius 3 is 2.26 bits per heavy atom. The zero-order chi connectivity index (χ0) is 27.0. The summed E-state index contributed by atoms with van der Waals surface area (Å²) in [5, 5.41) is 43.4. The lowest BCUT2D eigenvalue weighted by atomic mass is 9.70. The molecule has 2 heterocycles. The van der Waals surface area contributed by atoms with Crippen LogP contribution in [0, 0.1) is 5.41 Å². The molecule has 2 rings (SSSR count). The first-order chi connectivity index (χ1) is 15.8. The third-order valence-corrected chi connectivity index (χ3v) is 6.70. The minimum absolute atomic E-state index is 0.402. The molecule has 1 amide bonds. The maximum atomic E-state index is 11.7. The monoisotopic (exact) mass is 526 g/mol. The van der Waals surface area contributed by atoms with Gasteiger partial charge < -0.3 is 44.5 Å². The second kappa shape index (κ2) is 10.3. The Hall–Kier alpha value is -1.85. The van der Waals surface area contributed by atoms with Crippen LogP contribution in [0.5, 0.6) is 0 Å². The molecule has 15 heteroatoms. The number of aliphatic hydroxyl groups is 3. The standard InChI is InChI=1S/C20H33NO13S/c1-10(22)21-14-16(25)19(4,13(34-18(14,2)3)7-32-35(28,29)30)8-31-9-20(5)15(24)11(23)6-12(33-20)17(26)27/h6,11,13-16,23-25H,7-9H2,1-5H3,(H,21,22)(H,26,27)(H,28,29,30)/p-1/t11-,13?,14?,15?,16+,19-,20-/m1/s1. The first-order valence-corrected chi connectivity index (χ1v) is 12.0. The Bertz CT molecular complexity index is 951. The van der Waals surface area contributed by atoms with Crippen LogP contribution >= 0.6 is 0 Å². The number of carbonyl (C=O) groups is 2. The number of nitrogens with one attached hydrogen (secondary N) is 1. The van der Waals surface area contributed by atoms with Gasteiger partial charge in [-0.15, -0.1) is 0 Å². The SMILES string of the molecule is CC(=O)NC1[C@H](O)[C@](C)(COC[C@@]2(C)OC(C(=O)O)=C[C@@H](O)C2O)C(COS(=O)(=O)[O-])OC1(C)C. The van der Waals surface area contributed by atoms with Crippen molar-refractivity contribution in [3.8, 4) is 0 Å². The molecule has 14 nitrogen and oxygen atoms in total. The first-order valence-electron chi connectivity index (χ1n) is 10.6. The molecule has 2 aliphatic heterocycles. The Morgan fingerprint density at radius 1 is 1.14 bits per heavy atom. The maximum absolute atomic E-state index is 11.7. The molecule has 35 heavy (non-hydrogen) atoms. The van der Waals surface area contributed by atoms with Gasteiger partial charge in [-0.05, 0) is 26.8 Å². The van der Waals surface area contributed by atoms with E-state index in [4.69, 9.17) is 14.2 Å². The largest absolute Gasteiger partial charge is 0.726 e. The van der Waals surface area contributed by atoms with Crippen molar-refractivity contribution in [1.29, 1.82) is 0 Å². The van der Waals surface area contributed by atoms with Crippen LogP contribution in [-0.4, -0.2) is 107 Å². The lowest BCUT2D eigenvalue weighted by Crippen LogP contribution is -2.71. The minimum Gasteiger partial charge on any atom is -0.726 e. The highest BCUT2D eigenvalue weighted by Crippen LogP contribution is 2.42. The lowest BCUT2D eigenvalue weighted by Gasteiger charge is -2.55. The van der Waals surface area contributed by atoms with Crippen molar-refractivity contribution in [2.45, 2.75) is 76.3 Å². The number of ether oxygens (including phenoxy) is 3. The fourth-order valence-corrected chi connectivity index (χ4v) is 4.49. The van der Waals surface area contributed by atoms with Crippen LogP contribution in [0.1, 0.15) is 34.6 Å². The number of hydrogen-bond donors (Lipinski definition) is 5. The van der Waals surface area contributed by atoms with E-state index in [2.05, 4.69) is 9.50 Å². The summed E-state index contributed by atoms with van der Waals surface area (Å²) >= 11 is 0. The third-order valence-electron chi connectivity index (χ3n) is 6.27. The fourth-order valence-electron chi connectivity index (χ4n) is 4.20. The van der Waals surface area contributed by atoms with Crippen LogP contribution in [0.2, 0.25) is 0 Å². The number of carbonyl (C=O) groups excluding carboxylic acids is 1. The minimum atomic E-state index is -5.10. The van der Waals surface area contributed by atoms with Crippen LogP contribution in [0.25, 0.3) is 0 Å². The highest BCUT2D eigenvalue weighted by atomic mass is 32.3. The summed E-state index contributed by atoms with van der Waals surface area (Å²) < 4.78 is 54.4. The molecule has 0 aromatic heterocycles. The number of carboxylic acid groups (broad SMARTS) is 1. The quantitative estimate of drug-likeness (QED) is 0.162. The Balaban J connectivity index is 2.29. The molecule has 0 spiro atoms. The molecule has 2 aliphatic rings. The van der Waals surface area contributed by atoms with E-state index in [0.29, 0.717) is 0 Å². The molecule has 5 N–H and O–H groups in total. The number of carboxylic acids is 1. The average Bonchev–Trinajstić information content (AvgIpc) is 2.70. The van der Waals surface area contributed by atoms with E-state index in [9.17, 15) is 43.0 Å². The first kappa shape index (κ1) is 29.4. The van der Waals surface area contributed by atoms with E-state index in [1.165, 1.54) is 20.8 Å². The normalized spacial score (nSPS) is 37.2. The third kappa shape index (κ3) is 6.68. The van der Waals surface area contributed by atoms with Gasteiger partial charge in [0.15, 0.2) is 5.60 Å². The number of aliphatic hydroxyl groups excluding tert-OH is 3. The summed E-state index contributed by atoms with van der Waals surface area (Å²) in [6.45, 7) is 5.44. The molecule has 3 unspecified atom stereocenters. The van der Waals surface area contributed by atoms with Gasteiger partial charge in [-0.25, -0.2) is 13.2 Å². The van der Waals surface area contributed by atoms with Gasteiger partial charge in [0.1, 0.15) is 12.2 Å². The second-order valence-corrected chi connectivity index (χ2v) is 10.8. The molecule has 7 atom stereocenters. The van der Waals surface area contributed by atoms with E-state index in [-0.39, 0.29) is 0 Å². The molecule has 0 aromatic rings. The van der Waals surface area contributed by atoms with Crippen LogP contribution in [0.15, 0.2) is 11.8 Å². The van der Waals surface area contributed by atoms with Crippen molar-refractivity contribution >= 4 is 22.3 Å². The number of aliphatic carboxylic acids is 1.